The first-order valence-electron chi connectivity index (χ1n) is 12.7. The van der Waals surface area contributed by atoms with E-state index < -0.39 is 5.97 Å². The molecule has 1 N–H and O–H groups in total. The van der Waals surface area contributed by atoms with Crippen LogP contribution in [-0.4, -0.2) is 44.8 Å². The molecule has 0 bridgehead atoms. The zero-order valence-electron chi connectivity index (χ0n) is 20.7. The van der Waals surface area contributed by atoms with Gasteiger partial charge in [0.05, 0.1) is 45.8 Å². The minimum absolute atomic E-state index is 0.136. The molecule has 1 fully saturated rings. The highest BCUT2D eigenvalue weighted by molar-refractivity contribution is 6.42. The number of carboxylic acids is 1. The zero-order chi connectivity index (χ0) is 26.2. The van der Waals surface area contributed by atoms with Crippen LogP contribution in [0.5, 0.6) is 5.75 Å². The lowest BCUT2D eigenvalue weighted by molar-refractivity contribution is -0.0592. The first-order chi connectivity index (χ1) is 18.4. The van der Waals surface area contributed by atoms with Crippen LogP contribution in [0.15, 0.2) is 54.6 Å². The summed E-state index contributed by atoms with van der Waals surface area (Å²) in [7, 11) is 0. The largest absolute Gasteiger partial charge is 0.489 e. The third kappa shape index (κ3) is 5.24. The van der Waals surface area contributed by atoms with Crippen molar-refractivity contribution in [1.82, 2.24) is 14.5 Å². The Bertz CT molecular complexity index is 1520. The monoisotopic (exact) mass is 551 g/mol. The van der Waals surface area contributed by atoms with Crippen LogP contribution >= 0.6 is 23.2 Å². The number of carbonyl (C=O) groups is 1. The molecule has 0 spiro atoms. The first kappa shape index (κ1) is 25.2. The Labute approximate surface area is 230 Å². The van der Waals surface area contributed by atoms with E-state index >= 15 is 0 Å². The fourth-order valence-electron chi connectivity index (χ4n) is 5.07. The molecule has 0 amide bonds. The predicted octanol–water partition coefficient (Wildman–Crippen LogP) is 5.97. The Kier molecular flexibility index (Phi) is 7.01. The van der Waals surface area contributed by atoms with Gasteiger partial charge in [-0.15, -0.1) is 0 Å². The smallest absolute Gasteiger partial charge is 0.335 e. The molecule has 9 heteroatoms. The average Bonchev–Trinajstić information content (AvgIpc) is 3.22. The number of ether oxygens (including phenoxy) is 2. The minimum Gasteiger partial charge on any atom is -0.489 e. The summed E-state index contributed by atoms with van der Waals surface area (Å²) in [5.41, 5.74) is 5.43. The van der Waals surface area contributed by atoms with Gasteiger partial charge in [0.2, 0.25) is 0 Å². The lowest BCUT2D eigenvalue weighted by Gasteiger charge is -2.30. The number of carboxylic acid groups (broad SMARTS) is 1. The van der Waals surface area contributed by atoms with Crippen molar-refractivity contribution >= 4 is 40.2 Å². The SMILES string of the molecule is O=C(O)c1ccc2nc(CN3CCc4ccc(OCc5ccc(Cl)c(Cl)c5)cc4C3)n(C[C@@H]3CCO3)c2c1. The maximum atomic E-state index is 11.6. The van der Waals surface area contributed by atoms with Gasteiger partial charge in [0.25, 0.3) is 0 Å². The van der Waals surface area contributed by atoms with Crippen molar-refractivity contribution in [2.24, 2.45) is 0 Å². The fourth-order valence-corrected chi connectivity index (χ4v) is 5.40. The van der Waals surface area contributed by atoms with Crippen LogP contribution in [0.25, 0.3) is 11.0 Å². The topological polar surface area (TPSA) is 76.8 Å². The van der Waals surface area contributed by atoms with E-state index in [2.05, 4.69) is 21.6 Å². The van der Waals surface area contributed by atoms with Crippen molar-refractivity contribution in [3.63, 3.8) is 0 Å². The molecule has 0 aliphatic carbocycles. The molecule has 2 aliphatic rings. The number of aromatic carboxylic acids is 1. The molecule has 3 heterocycles. The molecule has 196 valence electrons. The second-order valence-electron chi connectivity index (χ2n) is 9.86. The fraction of sp³-hybridized carbons (Fsp3) is 0.310. The summed E-state index contributed by atoms with van der Waals surface area (Å²) in [5.74, 6) is 0.798. The van der Waals surface area contributed by atoms with Gasteiger partial charge in [-0.25, -0.2) is 9.78 Å². The molecular weight excluding hydrogens is 525 g/mol. The van der Waals surface area contributed by atoms with Gasteiger partial charge in [-0.3, -0.25) is 4.90 Å². The third-order valence-electron chi connectivity index (χ3n) is 7.28. The van der Waals surface area contributed by atoms with Crippen molar-refractivity contribution in [3.05, 3.63) is 92.7 Å². The van der Waals surface area contributed by atoms with Crippen LogP contribution in [0.3, 0.4) is 0 Å². The molecule has 6 rings (SSSR count). The number of halogens is 2. The summed E-state index contributed by atoms with van der Waals surface area (Å²) >= 11 is 12.2. The van der Waals surface area contributed by atoms with Crippen molar-refractivity contribution in [3.8, 4) is 5.75 Å². The summed E-state index contributed by atoms with van der Waals surface area (Å²) in [5, 5.41) is 10.5. The van der Waals surface area contributed by atoms with Crippen LogP contribution in [0.2, 0.25) is 10.0 Å². The van der Waals surface area contributed by atoms with Gasteiger partial charge in [-0.2, -0.15) is 0 Å². The highest BCUT2D eigenvalue weighted by Crippen LogP contribution is 2.28. The average molecular weight is 552 g/mol. The molecular formula is C29H27Cl2N3O4. The Morgan fingerprint density at radius 1 is 1.08 bits per heavy atom. The number of imidazole rings is 1. The van der Waals surface area contributed by atoms with Crippen LogP contribution in [0.1, 0.15) is 39.3 Å². The van der Waals surface area contributed by atoms with E-state index in [4.69, 9.17) is 37.7 Å². The number of hydrogen-bond donors (Lipinski definition) is 1. The summed E-state index contributed by atoms with van der Waals surface area (Å²) in [6.45, 7) is 4.21. The van der Waals surface area contributed by atoms with Gasteiger partial charge in [-0.05, 0) is 72.0 Å². The molecule has 7 nitrogen and oxygen atoms in total. The van der Waals surface area contributed by atoms with Crippen molar-refractivity contribution < 1.29 is 19.4 Å². The van der Waals surface area contributed by atoms with E-state index in [0.717, 1.165) is 60.7 Å². The van der Waals surface area contributed by atoms with E-state index in [9.17, 15) is 9.90 Å². The Morgan fingerprint density at radius 2 is 1.95 bits per heavy atom. The van der Waals surface area contributed by atoms with E-state index in [-0.39, 0.29) is 11.7 Å². The molecule has 0 unspecified atom stereocenters. The molecule has 0 radical (unpaired) electrons. The second kappa shape index (κ2) is 10.6. The van der Waals surface area contributed by atoms with Crippen LogP contribution in [0.4, 0.5) is 0 Å². The normalized spacial score (nSPS) is 17.3. The summed E-state index contributed by atoms with van der Waals surface area (Å²) in [6.07, 6.45) is 2.08. The third-order valence-corrected chi connectivity index (χ3v) is 8.02. The first-order valence-corrected chi connectivity index (χ1v) is 13.4. The Balaban J connectivity index is 1.20. The second-order valence-corrected chi connectivity index (χ2v) is 10.7. The number of hydrogen-bond acceptors (Lipinski definition) is 5. The highest BCUT2D eigenvalue weighted by Gasteiger charge is 2.24. The number of fused-ring (bicyclic) bond motifs is 2. The lowest BCUT2D eigenvalue weighted by atomic mass is 9.99. The molecule has 38 heavy (non-hydrogen) atoms. The number of aromatic nitrogens is 2. The standard InChI is InChI=1S/C29H27Cl2N3O4/c30-24-5-1-18(11-25(24)31)17-38-22-4-2-19-7-9-33(14-21(19)12-22)16-28-32-26-6-3-20(29(35)36)13-27(26)34(28)15-23-8-10-37-23/h1-6,11-13,23H,7-10,14-17H2,(H,35,36)/t23-/m0/s1. The maximum Gasteiger partial charge on any atom is 0.335 e. The summed E-state index contributed by atoms with van der Waals surface area (Å²) in [4.78, 5) is 18.9. The molecule has 2 aliphatic heterocycles. The van der Waals surface area contributed by atoms with Gasteiger partial charge in [0.1, 0.15) is 18.2 Å². The summed E-state index contributed by atoms with van der Waals surface area (Å²) < 4.78 is 13.9. The number of rotatable bonds is 8. The lowest BCUT2D eigenvalue weighted by Crippen LogP contribution is -2.34. The molecule has 1 aromatic heterocycles. The predicted molar refractivity (Wildman–Crippen MR) is 146 cm³/mol. The summed E-state index contributed by atoms with van der Waals surface area (Å²) in [6, 6.07) is 16.9. The van der Waals surface area contributed by atoms with E-state index in [0.29, 0.717) is 29.7 Å². The molecule has 1 saturated heterocycles. The Morgan fingerprint density at radius 3 is 2.71 bits per heavy atom. The van der Waals surface area contributed by atoms with E-state index in [1.165, 1.54) is 11.1 Å². The maximum absolute atomic E-state index is 11.6. The molecule has 1 atom stereocenters. The zero-order valence-corrected chi connectivity index (χ0v) is 22.2. The van der Waals surface area contributed by atoms with Crippen LogP contribution < -0.4 is 4.74 Å². The van der Waals surface area contributed by atoms with Crippen molar-refractivity contribution in [2.45, 2.75) is 45.2 Å². The Hall–Kier alpha value is -3.10. The van der Waals surface area contributed by atoms with Gasteiger partial charge in [0.15, 0.2) is 0 Å². The molecule has 3 aromatic carbocycles. The molecule has 4 aromatic rings. The van der Waals surface area contributed by atoms with Crippen LogP contribution in [0, 0.1) is 0 Å². The number of benzene rings is 3. The van der Waals surface area contributed by atoms with Gasteiger partial charge in [-0.1, -0.05) is 35.3 Å². The molecule has 0 saturated carbocycles. The van der Waals surface area contributed by atoms with Crippen molar-refractivity contribution in [1.29, 1.82) is 0 Å². The minimum atomic E-state index is -0.939. The van der Waals surface area contributed by atoms with E-state index in [1.807, 2.05) is 18.2 Å². The van der Waals surface area contributed by atoms with Gasteiger partial charge < -0.3 is 19.1 Å². The quantitative estimate of drug-likeness (QED) is 0.291. The van der Waals surface area contributed by atoms with Gasteiger partial charge in [0, 0.05) is 19.7 Å². The van der Waals surface area contributed by atoms with Gasteiger partial charge >= 0.3 is 5.97 Å². The van der Waals surface area contributed by atoms with Crippen molar-refractivity contribution in [2.75, 3.05) is 13.2 Å². The van der Waals surface area contributed by atoms with E-state index in [1.54, 1.807) is 24.3 Å². The number of nitrogens with zero attached hydrogens (tertiary/aromatic N) is 3. The highest BCUT2D eigenvalue weighted by atomic mass is 35.5. The van der Waals surface area contributed by atoms with Crippen LogP contribution in [-0.2, 0) is 37.4 Å².